The standard InChI is InChI=1S/C43H36Cl2F4N6O3/c1-54-17-14-25(15-18-54)42-53-39(27-7-12-31(44)32(45)20-27)40(35-13-16-50-43(52-35)51-28-8-9-28)55(42)22-24-5-10-29(11-6-24)58-30-4-2-3-26(19-30)36(56)23-57-41-37(48)33(46)21-34(47)38(41)49/h2-7,10-13,16,19-21,25,28H,8-9,14-15,17-18,22-23H2,1H3,(H,50,51,52). The zero-order valence-electron chi connectivity index (χ0n) is 31.1. The van der Waals surface area contributed by atoms with Gasteiger partial charge in [0.15, 0.2) is 29.8 Å². The van der Waals surface area contributed by atoms with Crippen molar-refractivity contribution in [2.45, 2.75) is 44.2 Å². The molecule has 9 nitrogen and oxygen atoms in total. The highest BCUT2D eigenvalue weighted by atomic mass is 35.5. The minimum absolute atomic E-state index is 0.0631. The number of likely N-dealkylation sites (tertiary alicyclic amines) is 1. The second-order valence-electron chi connectivity index (χ2n) is 14.4. The average molecular weight is 832 g/mol. The molecular formula is C43H36Cl2F4N6O3. The van der Waals surface area contributed by atoms with Gasteiger partial charge in [0.1, 0.15) is 17.3 Å². The summed E-state index contributed by atoms with van der Waals surface area (Å²) in [5, 5.41) is 4.28. The van der Waals surface area contributed by atoms with Crippen molar-refractivity contribution in [3.8, 4) is 39.9 Å². The summed E-state index contributed by atoms with van der Waals surface area (Å²) >= 11 is 12.9. The summed E-state index contributed by atoms with van der Waals surface area (Å²) in [6, 6.07) is 21.4. The Hall–Kier alpha value is -5.50. The van der Waals surface area contributed by atoms with E-state index in [2.05, 4.69) is 26.8 Å². The van der Waals surface area contributed by atoms with E-state index < -0.39 is 41.4 Å². The molecule has 15 heteroatoms. The number of nitrogens with zero attached hydrogens (tertiary/aromatic N) is 5. The van der Waals surface area contributed by atoms with E-state index in [9.17, 15) is 22.4 Å². The smallest absolute Gasteiger partial charge is 0.223 e. The SMILES string of the molecule is CN1CCC(c2nc(-c3ccc(Cl)c(Cl)c3)c(-c3ccnc(NC4CC4)n3)n2Cc2ccc(Oc3cccc(C(=O)COc4c(F)c(F)cc(F)c4F)c3)cc2)CC1. The normalized spacial score (nSPS) is 14.7. The first-order valence-corrected chi connectivity index (χ1v) is 19.5. The molecule has 0 radical (unpaired) electrons. The first-order valence-electron chi connectivity index (χ1n) is 18.7. The number of ketones is 1. The molecule has 8 rings (SSSR count). The Kier molecular flexibility index (Phi) is 11.4. The number of rotatable bonds is 13. The molecule has 0 unspecified atom stereocenters. The van der Waals surface area contributed by atoms with Crippen molar-refractivity contribution in [3.63, 3.8) is 0 Å². The predicted octanol–water partition coefficient (Wildman–Crippen LogP) is 10.4. The fraction of sp³-hybridized carbons (Fsp3) is 0.256. The van der Waals surface area contributed by atoms with E-state index in [1.54, 1.807) is 24.4 Å². The van der Waals surface area contributed by atoms with Crippen LogP contribution in [0.5, 0.6) is 17.2 Å². The summed E-state index contributed by atoms with van der Waals surface area (Å²) in [5.74, 6) is -6.27. The molecule has 0 spiro atoms. The molecular weight excluding hydrogens is 795 g/mol. The van der Waals surface area contributed by atoms with Gasteiger partial charge in [-0.25, -0.2) is 23.7 Å². The number of hydrogen-bond acceptors (Lipinski definition) is 8. The molecule has 4 aromatic carbocycles. The van der Waals surface area contributed by atoms with Gasteiger partial charge in [-0.3, -0.25) is 4.79 Å². The molecule has 0 amide bonds. The van der Waals surface area contributed by atoms with Gasteiger partial charge in [-0.1, -0.05) is 53.5 Å². The highest BCUT2D eigenvalue weighted by molar-refractivity contribution is 6.42. The molecule has 2 fully saturated rings. The molecule has 0 bridgehead atoms. The zero-order valence-corrected chi connectivity index (χ0v) is 32.6. The molecule has 58 heavy (non-hydrogen) atoms. The molecule has 1 saturated heterocycles. The number of aromatic nitrogens is 4. The molecule has 1 N–H and O–H groups in total. The number of piperidine rings is 1. The van der Waals surface area contributed by atoms with Crippen molar-refractivity contribution >= 4 is 34.9 Å². The summed E-state index contributed by atoms with van der Waals surface area (Å²) in [6.07, 6.45) is 5.77. The summed E-state index contributed by atoms with van der Waals surface area (Å²) < 4.78 is 68.5. The molecule has 3 heterocycles. The van der Waals surface area contributed by atoms with Crippen LogP contribution in [0.4, 0.5) is 23.5 Å². The monoisotopic (exact) mass is 830 g/mol. The molecule has 1 aliphatic heterocycles. The van der Waals surface area contributed by atoms with Crippen LogP contribution in [-0.2, 0) is 6.54 Å². The molecule has 1 aliphatic carbocycles. The number of imidazole rings is 1. The molecule has 0 atom stereocenters. The van der Waals surface area contributed by atoms with Crippen LogP contribution in [-0.4, -0.2) is 63.0 Å². The molecule has 2 aliphatic rings. The lowest BCUT2D eigenvalue weighted by Crippen LogP contribution is -2.30. The lowest BCUT2D eigenvalue weighted by atomic mass is 9.96. The largest absolute Gasteiger partial charge is 0.479 e. The summed E-state index contributed by atoms with van der Waals surface area (Å²) in [6.45, 7) is 1.47. The summed E-state index contributed by atoms with van der Waals surface area (Å²) in [5.41, 5.74) is 4.14. The third kappa shape index (κ3) is 8.66. The van der Waals surface area contributed by atoms with E-state index in [1.165, 1.54) is 12.1 Å². The lowest BCUT2D eigenvalue weighted by molar-refractivity contribution is 0.0913. The number of benzene rings is 4. The van der Waals surface area contributed by atoms with Crippen molar-refractivity contribution in [2.24, 2.45) is 0 Å². The van der Waals surface area contributed by atoms with E-state index >= 15 is 0 Å². The maximum atomic E-state index is 14.1. The maximum absolute atomic E-state index is 14.1. The number of hydrogen-bond donors (Lipinski definition) is 1. The van der Waals surface area contributed by atoms with Crippen LogP contribution in [0, 0.1) is 23.3 Å². The Morgan fingerprint density at radius 2 is 1.59 bits per heavy atom. The first kappa shape index (κ1) is 39.3. The number of nitrogens with one attached hydrogen (secondary N) is 1. The Morgan fingerprint density at radius 1 is 0.845 bits per heavy atom. The van der Waals surface area contributed by atoms with E-state index in [1.807, 2.05) is 42.5 Å². The second-order valence-corrected chi connectivity index (χ2v) is 15.2. The zero-order chi connectivity index (χ0) is 40.5. The molecule has 2 aromatic heterocycles. The van der Waals surface area contributed by atoms with Gasteiger partial charge in [0.25, 0.3) is 0 Å². The Labute approximate surface area is 341 Å². The molecule has 6 aromatic rings. The number of Topliss-reactive ketones (excluding diaryl/α,β-unsaturated/α-hetero) is 1. The van der Waals surface area contributed by atoms with Crippen LogP contribution in [0.15, 0.2) is 85.1 Å². The highest BCUT2D eigenvalue weighted by Gasteiger charge is 2.30. The number of halogens is 6. The predicted molar refractivity (Wildman–Crippen MR) is 213 cm³/mol. The number of anilines is 1. The molecule has 298 valence electrons. The number of carbonyl (C=O) groups excluding carboxylic acids is 1. The molecule has 1 saturated carbocycles. The van der Waals surface area contributed by atoms with Gasteiger partial charge in [-0.2, -0.15) is 8.78 Å². The van der Waals surface area contributed by atoms with E-state index in [4.69, 9.17) is 42.6 Å². The number of ether oxygens (including phenoxy) is 2. The van der Waals surface area contributed by atoms with Gasteiger partial charge in [0.05, 0.1) is 27.1 Å². The Balaban J connectivity index is 1.07. The summed E-state index contributed by atoms with van der Waals surface area (Å²) in [7, 11) is 2.12. The van der Waals surface area contributed by atoms with Gasteiger partial charge >= 0.3 is 0 Å². The van der Waals surface area contributed by atoms with Gasteiger partial charge in [-0.15, -0.1) is 0 Å². The van der Waals surface area contributed by atoms with Gasteiger partial charge in [0, 0.05) is 41.9 Å². The fourth-order valence-electron chi connectivity index (χ4n) is 6.90. The van der Waals surface area contributed by atoms with E-state index in [0.717, 1.165) is 67.1 Å². The van der Waals surface area contributed by atoms with Crippen LogP contribution in [0.25, 0.3) is 22.6 Å². The topological polar surface area (TPSA) is 94.4 Å². The van der Waals surface area contributed by atoms with Crippen LogP contribution in [0.1, 0.15) is 53.3 Å². The Morgan fingerprint density at radius 3 is 2.29 bits per heavy atom. The van der Waals surface area contributed by atoms with Crippen molar-refractivity contribution in [1.29, 1.82) is 0 Å². The van der Waals surface area contributed by atoms with Gasteiger partial charge in [0.2, 0.25) is 17.6 Å². The van der Waals surface area contributed by atoms with Crippen LogP contribution in [0.2, 0.25) is 10.0 Å². The number of carbonyl (C=O) groups is 1. The quantitative estimate of drug-likeness (QED) is 0.0699. The van der Waals surface area contributed by atoms with E-state index in [-0.39, 0.29) is 17.5 Å². The first-order chi connectivity index (χ1) is 28.0. The van der Waals surface area contributed by atoms with Gasteiger partial charge < -0.3 is 24.3 Å². The Bertz CT molecular complexity index is 2460. The van der Waals surface area contributed by atoms with E-state index in [0.29, 0.717) is 45.8 Å². The third-order valence-electron chi connectivity index (χ3n) is 10.2. The van der Waals surface area contributed by atoms with Crippen LogP contribution >= 0.6 is 23.2 Å². The third-order valence-corrected chi connectivity index (χ3v) is 10.9. The van der Waals surface area contributed by atoms with Gasteiger partial charge in [-0.05, 0) is 93.8 Å². The van der Waals surface area contributed by atoms with Crippen molar-refractivity contribution in [2.75, 3.05) is 32.1 Å². The maximum Gasteiger partial charge on any atom is 0.223 e. The van der Waals surface area contributed by atoms with Crippen molar-refractivity contribution < 1.29 is 31.8 Å². The van der Waals surface area contributed by atoms with Crippen LogP contribution in [0.3, 0.4) is 0 Å². The van der Waals surface area contributed by atoms with Crippen molar-refractivity contribution in [3.05, 3.63) is 135 Å². The van der Waals surface area contributed by atoms with Crippen molar-refractivity contribution in [1.82, 2.24) is 24.4 Å². The highest BCUT2D eigenvalue weighted by Crippen LogP contribution is 2.40. The minimum Gasteiger partial charge on any atom is -0.479 e. The summed E-state index contributed by atoms with van der Waals surface area (Å²) in [4.78, 5) is 30.0. The minimum atomic E-state index is -1.73. The van der Waals surface area contributed by atoms with Crippen LogP contribution < -0.4 is 14.8 Å². The average Bonchev–Trinajstić information content (AvgIpc) is 3.96. The fourth-order valence-corrected chi connectivity index (χ4v) is 7.20. The second kappa shape index (κ2) is 16.8. The lowest BCUT2D eigenvalue weighted by Gasteiger charge is -2.29.